The van der Waals surface area contributed by atoms with Crippen LogP contribution in [0.3, 0.4) is 0 Å². The summed E-state index contributed by atoms with van der Waals surface area (Å²) in [7, 11) is 1.99. The lowest BCUT2D eigenvalue weighted by Gasteiger charge is -2.08. The van der Waals surface area contributed by atoms with Gasteiger partial charge in [-0.3, -0.25) is 0 Å². The highest BCUT2D eigenvalue weighted by atomic mass is 32.2. The van der Waals surface area contributed by atoms with E-state index in [1.54, 1.807) is 18.0 Å². The minimum atomic E-state index is 0.563. The van der Waals surface area contributed by atoms with Crippen molar-refractivity contribution in [3.63, 3.8) is 0 Å². The van der Waals surface area contributed by atoms with Gasteiger partial charge < -0.3 is 10.3 Å². The van der Waals surface area contributed by atoms with Crippen LogP contribution >= 0.6 is 11.8 Å². The largest absolute Gasteiger partial charge is 0.329 e. The number of nitrogens with zero attached hydrogens (tertiary/aromatic N) is 2. The van der Waals surface area contributed by atoms with Crippen LogP contribution in [0.5, 0.6) is 0 Å². The highest BCUT2D eigenvalue weighted by Gasteiger charge is 2.06. The molecular weight excluding hydrogens is 218 g/mol. The topological polar surface area (TPSA) is 43.8 Å². The van der Waals surface area contributed by atoms with Gasteiger partial charge in [0.15, 0.2) is 5.16 Å². The Bertz CT molecular complexity index is 491. The fourth-order valence-electron chi connectivity index (χ4n) is 1.47. The van der Waals surface area contributed by atoms with Crippen molar-refractivity contribution < 1.29 is 0 Å². The Morgan fingerprint density at radius 3 is 2.88 bits per heavy atom. The summed E-state index contributed by atoms with van der Waals surface area (Å²) in [5, 5.41) is 0.986. The van der Waals surface area contributed by atoms with E-state index in [2.05, 4.69) is 30.1 Å². The summed E-state index contributed by atoms with van der Waals surface area (Å²) in [4.78, 5) is 5.49. The van der Waals surface area contributed by atoms with Gasteiger partial charge in [0.05, 0.1) is 0 Å². The van der Waals surface area contributed by atoms with Crippen LogP contribution in [0.25, 0.3) is 0 Å². The molecule has 2 rings (SSSR count). The molecule has 0 spiro atoms. The number of nitrogens with two attached hydrogens (primary N) is 1. The van der Waals surface area contributed by atoms with Crippen LogP contribution in [0.15, 0.2) is 40.6 Å². The molecule has 1 aromatic heterocycles. The third-order valence-electron chi connectivity index (χ3n) is 2.42. The first kappa shape index (κ1) is 11.2. The normalized spacial score (nSPS) is 10.7. The van der Waals surface area contributed by atoms with Crippen LogP contribution < -0.4 is 5.73 Å². The van der Waals surface area contributed by atoms with Gasteiger partial charge in [-0.2, -0.15) is 0 Å². The molecule has 2 aromatic rings. The Morgan fingerprint density at radius 1 is 1.44 bits per heavy atom. The fourth-order valence-corrected chi connectivity index (χ4v) is 2.52. The molecule has 4 heteroatoms. The maximum Gasteiger partial charge on any atom is 0.172 e. The molecule has 0 amide bonds. The van der Waals surface area contributed by atoms with E-state index in [1.807, 2.05) is 17.8 Å². The van der Waals surface area contributed by atoms with Crippen LogP contribution in [-0.2, 0) is 13.6 Å². The molecule has 1 aromatic carbocycles. The number of benzene rings is 1. The molecule has 16 heavy (non-hydrogen) atoms. The summed E-state index contributed by atoms with van der Waals surface area (Å²) in [5.41, 5.74) is 8.14. The molecule has 0 atom stereocenters. The number of hydrogen-bond donors (Lipinski definition) is 1. The van der Waals surface area contributed by atoms with Crippen LogP contribution in [0.2, 0.25) is 0 Å². The van der Waals surface area contributed by atoms with Gasteiger partial charge in [-0.05, 0) is 24.1 Å². The molecule has 1 heterocycles. The van der Waals surface area contributed by atoms with Crippen LogP contribution in [-0.4, -0.2) is 9.55 Å². The van der Waals surface area contributed by atoms with Crippen LogP contribution in [0, 0.1) is 6.92 Å². The van der Waals surface area contributed by atoms with Crippen molar-refractivity contribution in [2.45, 2.75) is 23.5 Å². The molecule has 0 aliphatic carbocycles. The maximum atomic E-state index is 5.73. The summed E-state index contributed by atoms with van der Waals surface area (Å²) in [6.45, 7) is 2.65. The summed E-state index contributed by atoms with van der Waals surface area (Å²) in [6, 6.07) is 6.33. The lowest BCUT2D eigenvalue weighted by atomic mass is 10.1. The lowest BCUT2D eigenvalue weighted by molar-refractivity contribution is 0.789. The number of imidazole rings is 1. The fraction of sp³-hybridized carbons (Fsp3) is 0.250. The molecule has 0 aliphatic rings. The molecule has 84 valence electrons. The zero-order valence-electron chi connectivity index (χ0n) is 9.47. The summed E-state index contributed by atoms with van der Waals surface area (Å²) in [6.07, 6.45) is 3.75. The van der Waals surface area contributed by atoms with Crippen molar-refractivity contribution in [2.24, 2.45) is 12.8 Å². The lowest BCUT2D eigenvalue weighted by Crippen LogP contribution is -1.99. The number of hydrogen-bond acceptors (Lipinski definition) is 3. The third kappa shape index (κ3) is 2.28. The average molecular weight is 233 g/mol. The van der Waals surface area contributed by atoms with Gasteiger partial charge in [-0.15, -0.1) is 0 Å². The molecule has 3 nitrogen and oxygen atoms in total. The first-order valence-electron chi connectivity index (χ1n) is 5.15. The van der Waals surface area contributed by atoms with E-state index in [1.165, 1.54) is 16.0 Å². The highest BCUT2D eigenvalue weighted by Crippen LogP contribution is 2.29. The molecular formula is C12H15N3S. The van der Waals surface area contributed by atoms with Crippen molar-refractivity contribution in [2.75, 3.05) is 0 Å². The van der Waals surface area contributed by atoms with Crippen molar-refractivity contribution >= 4 is 11.8 Å². The van der Waals surface area contributed by atoms with E-state index in [-0.39, 0.29) is 0 Å². The Kier molecular flexibility index (Phi) is 3.31. The molecule has 0 bridgehead atoms. The van der Waals surface area contributed by atoms with E-state index in [9.17, 15) is 0 Å². The number of aromatic nitrogens is 2. The van der Waals surface area contributed by atoms with Crippen molar-refractivity contribution in [3.8, 4) is 0 Å². The molecule has 0 saturated carbocycles. The Hall–Kier alpha value is -1.26. The van der Waals surface area contributed by atoms with Gasteiger partial charge in [-0.1, -0.05) is 23.9 Å². The standard InChI is InChI=1S/C12H15N3S/c1-9-3-4-10(8-13)11(7-9)16-12-14-5-6-15(12)2/h3-7H,8,13H2,1-2H3. The van der Waals surface area contributed by atoms with Gasteiger partial charge in [0.25, 0.3) is 0 Å². The first-order valence-corrected chi connectivity index (χ1v) is 5.97. The second-order valence-corrected chi connectivity index (χ2v) is 4.75. The molecule has 2 N–H and O–H groups in total. The van der Waals surface area contributed by atoms with Crippen molar-refractivity contribution in [1.82, 2.24) is 9.55 Å². The third-order valence-corrected chi connectivity index (χ3v) is 3.60. The minimum absolute atomic E-state index is 0.563. The van der Waals surface area contributed by atoms with Gasteiger partial charge >= 0.3 is 0 Å². The Balaban J connectivity index is 2.33. The molecule has 0 unspecified atom stereocenters. The SMILES string of the molecule is Cc1ccc(CN)c(Sc2nccn2C)c1. The average Bonchev–Trinajstić information content (AvgIpc) is 2.65. The second-order valence-electron chi connectivity index (χ2n) is 3.74. The Morgan fingerprint density at radius 2 is 2.25 bits per heavy atom. The van der Waals surface area contributed by atoms with Crippen LogP contribution in [0.4, 0.5) is 0 Å². The zero-order chi connectivity index (χ0) is 11.5. The zero-order valence-corrected chi connectivity index (χ0v) is 10.3. The van der Waals surface area contributed by atoms with Gasteiger partial charge in [-0.25, -0.2) is 4.98 Å². The first-order chi connectivity index (χ1) is 7.70. The van der Waals surface area contributed by atoms with E-state index in [0.717, 1.165) is 5.16 Å². The second kappa shape index (κ2) is 4.72. The van der Waals surface area contributed by atoms with E-state index in [0.29, 0.717) is 6.54 Å². The minimum Gasteiger partial charge on any atom is -0.329 e. The summed E-state index contributed by atoms with van der Waals surface area (Å²) in [5.74, 6) is 0. The van der Waals surface area contributed by atoms with E-state index < -0.39 is 0 Å². The van der Waals surface area contributed by atoms with Gasteiger partial charge in [0.2, 0.25) is 0 Å². The smallest absolute Gasteiger partial charge is 0.172 e. The predicted molar refractivity (Wildman–Crippen MR) is 66.4 cm³/mol. The van der Waals surface area contributed by atoms with E-state index >= 15 is 0 Å². The number of rotatable bonds is 3. The van der Waals surface area contributed by atoms with Gasteiger partial charge in [0.1, 0.15) is 0 Å². The Labute approximate surface area is 99.7 Å². The predicted octanol–water partition coefficient (Wildman–Crippen LogP) is 2.34. The van der Waals surface area contributed by atoms with Crippen molar-refractivity contribution in [1.29, 1.82) is 0 Å². The van der Waals surface area contributed by atoms with Crippen LogP contribution in [0.1, 0.15) is 11.1 Å². The monoisotopic (exact) mass is 233 g/mol. The molecule has 0 radical (unpaired) electrons. The highest BCUT2D eigenvalue weighted by molar-refractivity contribution is 7.99. The molecule has 0 aliphatic heterocycles. The number of aryl methyl sites for hydroxylation is 2. The van der Waals surface area contributed by atoms with E-state index in [4.69, 9.17) is 5.73 Å². The quantitative estimate of drug-likeness (QED) is 0.885. The maximum absolute atomic E-state index is 5.73. The molecule has 0 saturated heterocycles. The van der Waals surface area contributed by atoms with Crippen molar-refractivity contribution in [3.05, 3.63) is 41.7 Å². The summed E-state index contributed by atoms with van der Waals surface area (Å²) >= 11 is 1.66. The summed E-state index contributed by atoms with van der Waals surface area (Å²) < 4.78 is 2.01. The van der Waals surface area contributed by atoms with Gasteiger partial charge in [0, 0.05) is 30.9 Å². The molecule has 0 fully saturated rings.